The molecule has 0 aliphatic heterocycles. The van der Waals surface area contributed by atoms with E-state index in [1.807, 2.05) is 45.2 Å². The fraction of sp³-hybridized carbons (Fsp3) is 0.471. The SMILES string of the molecule is C[C@H](O)C(=O)Nc1c([125I])c(C(=O)NC(CO)CO)c([125I])c(C(=O)NC(CO)CO)c1[125I]. The first-order valence-corrected chi connectivity index (χ1v) is 12.0. The first-order chi connectivity index (χ1) is 14.5. The standard InChI is InChI=1S/C17H22I3N3O8/c1-6(28)15(29)23-14-12(19)9(16(30)21-7(2-24)3-25)11(18)10(13(14)20)17(31)22-8(4-26)5-27/h6-8,24-28H,2-5H2,1H3,(H,21,30)(H,22,31)(H,23,29)/t6-/m0/s1/i18-2,19-2,20-2. The van der Waals surface area contributed by atoms with Crippen LogP contribution in [0, 0.1) is 10.7 Å². The van der Waals surface area contributed by atoms with Gasteiger partial charge < -0.3 is 41.5 Å². The summed E-state index contributed by atoms with van der Waals surface area (Å²) in [5, 5.41) is 54.0. The van der Waals surface area contributed by atoms with Crippen LogP contribution in [0.1, 0.15) is 27.6 Å². The van der Waals surface area contributed by atoms with Crippen molar-refractivity contribution in [2.75, 3.05) is 31.7 Å². The molecule has 1 aromatic carbocycles. The van der Waals surface area contributed by atoms with E-state index in [-0.39, 0.29) is 27.5 Å². The molecule has 0 radical (unpaired) electrons. The second kappa shape index (κ2) is 13.4. The number of halogens is 3. The third kappa shape index (κ3) is 7.30. The molecule has 1 atom stereocenters. The summed E-state index contributed by atoms with van der Waals surface area (Å²) in [5.41, 5.74) is 0.116. The molecule has 0 aromatic heterocycles. The summed E-state index contributed by atoms with van der Waals surface area (Å²) in [6.07, 6.45) is -1.36. The van der Waals surface area contributed by atoms with Crippen LogP contribution in [0.5, 0.6) is 0 Å². The van der Waals surface area contributed by atoms with Gasteiger partial charge >= 0.3 is 0 Å². The molecule has 3 amide bonds. The van der Waals surface area contributed by atoms with E-state index in [0.29, 0.717) is 0 Å². The van der Waals surface area contributed by atoms with Crippen molar-refractivity contribution in [3.8, 4) is 0 Å². The fourth-order valence-corrected chi connectivity index (χ4v) is 6.63. The van der Waals surface area contributed by atoms with Gasteiger partial charge in [0.15, 0.2) is 0 Å². The van der Waals surface area contributed by atoms with Crippen LogP contribution in [0.4, 0.5) is 5.69 Å². The average molecular weight is 771 g/mol. The molecule has 11 nitrogen and oxygen atoms in total. The molecule has 0 saturated heterocycles. The zero-order chi connectivity index (χ0) is 23.9. The molecule has 0 aliphatic carbocycles. The predicted molar refractivity (Wildman–Crippen MR) is 136 cm³/mol. The number of carbonyl (C=O) groups is 3. The molecule has 8 N–H and O–H groups in total. The molecule has 174 valence electrons. The van der Waals surface area contributed by atoms with Gasteiger partial charge in [-0.3, -0.25) is 14.4 Å². The minimum Gasteiger partial charge on any atom is -0.394 e. The average Bonchev–Trinajstić information content (AvgIpc) is 2.72. The van der Waals surface area contributed by atoms with Crippen LogP contribution in [0.3, 0.4) is 0 Å². The molecular formula is C17H22I3N3O8. The van der Waals surface area contributed by atoms with Gasteiger partial charge in [0.25, 0.3) is 17.7 Å². The number of carbonyl (C=O) groups excluding carboxylic acids is 3. The third-order valence-electron chi connectivity index (χ3n) is 3.95. The van der Waals surface area contributed by atoms with Crippen molar-refractivity contribution in [3.05, 3.63) is 21.8 Å². The highest BCUT2D eigenvalue weighted by Crippen LogP contribution is 2.36. The summed E-state index contributed by atoms with van der Waals surface area (Å²) in [6.45, 7) is -0.829. The predicted octanol–water partition coefficient (Wildman–Crippen LogP) is -1.01. The molecule has 0 aliphatic rings. The summed E-state index contributed by atoms with van der Waals surface area (Å²) in [6, 6.07) is -1.89. The van der Waals surface area contributed by atoms with E-state index in [4.69, 9.17) is 0 Å². The Morgan fingerprint density at radius 2 is 1.13 bits per heavy atom. The lowest BCUT2D eigenvalue weighted by Gasteiger charge is -2.22. The molecular weight excluding hydrogens is 749 g/mol. The van der Waals surface area contributed by atoms with Crippen molar-refractivity contribution < 1.29 is 39.9 Å². The van der Waals surface area contributed by atoms with E-state index in [0.717, 1.165) is 0 Å². The van der Waals surface area contributed by atoms with Crippen molar-refractivity contribution in [1.82, 2.24) is 10.6 Å². The lowest BCUT2D eigenvalue weighted by atomic mass is 10.1. The minimum atomic E-state index is -1.36. The van der Waals surface area contributed by atoms with E-state index in [9.17, 15) is 39.9 Å². The normalized spacial score (nSPS) is 12.1. The quantitative estimate of drug-likeness (QED) is 0.139. The number of amides is 3. The van der Waals surface area contributed by atoms with Crippen molar-refractivity contribution >= 4 is 91.2 Å². The summed E-state index contributed by atoms with van der Waals surface area (Å²) in [5.74, 6) is -2.18. The maximum atomic E-state index is 12.9. The van der Waals surface area contributed by atoms with Gasteiger partial charge in [0.2, 0.25) is 0 Å². The van der Waals surface area contributed by atoms with E-state index >= 15 is 0 Å². The molecule has 31 heavy (non-hydrogen) atoms. The lowest BCUT2D eigenvalue weighted by Crippen LogP contribution is -2.42. The molecule has 0 heterocycles. The Morgan fingerprint density at radius 1 is 0.774 bits per heavy atom. The van der Waals surface area contributed by atoms with Gasteiger partial charge in [-0.1, -0.05) is 0 Å². The fourth-order valence-electron chi connectivity index (χ4n) is 2.21. The van der Waals surface area contributed by atoms with E-state index in [2.05, 4.69) is 16.0 Å². The third-order valence-corrected chi connectivity index (χ3v) is 7.19. The zero-order valence-electron chi connectivity index (χ0n) is 16.2. The van der Waals surface area contributed by atoms with Gasteiger partial charge in [-0.05, 0) is 74.7 Å². The van der Waals surface area contributed by atoms with Crippen LogP contribution in [0.2, 0.25) is 0 Å². The molecule has 1 rings (SSSR count). The van der Waals surface area contributed by atoms with Gasteiger partial charge in [0.05, 0.1) is 62.5 Å². The largest absolute Gasteiger partial charge is 0.394 e. The zero-order valence-corrected chi connectivity index (χ0v) is 22.6. The molecule has 0 unspecified atom stereocenters. The molecule has 14 heteroatoms. The highest BCUT2D eigenvalue weighted by atomic mass is 125. The number of benzene rings is 1. The minimum absolute atomic E-state index is 0.00380. The van der Waals surface area contributed by atoms with Gasteiger partial charge in [-0.25, -0.2) is 0 Å². The number of nitrogens with one attached hydrogen (secondary N) is 3. The van der Waals surface area contributed by atoms with Crippen LogP contribution in [0.15, 0.2) is 0 Å². The Bertz CT molecular complexity index is 776. The molecule has 1 aromatic rings. The van der Waals surface area contributed by atoms with Crippen molar-refractivity contribution in [3.63, 3.8) is 0 Å². The Balaban J connectivity index is 3.66. The second-order valence-electron chi connectivity index (χ2n) is 6.30. The maximum Gasteiger partial charge on any atom is 0.253 e. The van der Waals surface area contributed by atoms with Crippen LogP contribution in [0.25, 0.3) is 0 Å². The Morgan fingerprint density at radius 3 is 1.42 bits per heavy atom. The smallest absolute Gasteiger partial charge is 0.253 e. The number of aliphatic hydroxyl groups excluding tert-OH is 5. The van der Waals surface area contributed by atoms with E-state index in [1.54, 1.807) is 22.6 Å². The summed E-state index contributed by atoms with van der Waals surface area (Å²) >= 11 is 5.41. The first-order valence-electron chi connectivity index (χ1n) is 8.78. The van der Waals surface area contributed by atoms with Crippen molar-refractivity contribution in [1.29, 1.82) is 0 Å². The number of aliphatic hydroxyl groups is 5. The van der Waals surface area contributed by atoms with Crippen molar-refractivity contribution in [2.45, 2.75) is 25.1 Å². The Kier molecular flexibility index (Phi) is 12.3. The number of hydrogen-bond donors (Lipinski definition) is 8. The first kappa shape index (κ1) is 28.7. The van der Waals surface area contributed by atoms with Gasteiger partial charge in [0, 0.05) is 3.57 Å². The van der Waals surface area contributed by atoms with Gasteiger partial charge in [0.1, 0.15) is 6.10 Å². The number of anilines is 1. The highest BCUT2D eigenvalue weighted by molar-refractivity contribution is 14.1. The molecule has 0 spiro atoms. The van der Waals surface area contributed by atoms with Gasteiger partial charge in [-0.15, -0.1) is 0 Å². The second-order valence-corrected chi connectivity index (χ2v) is 9.54. The van der Waals surface area contributed by atoms with Crippen molar-refractivity contribution in [2.24, 2.45) is 0 Å². The van der Waals surface area contributed by atoms with E-state index in [1.165, 1.54) is 6.92 Å². The molecule has 0 fully saturated rings. The molecule has 0 saturated carbocycles. The number of hydrogen-bond acceptors (Lipinski definition) is 8. The summed E-state index contributed by atoms with van der Waals surface area (Å²) in [7, 11) is 0. The molecule has 0 bridgehead atoms. The number of rotatable bonds is 10. The Labute approximate surface area is 218 Å². The summed E-state index contributed by atoms with van der Waals surface area (Å²) in [4.78, 5) is 37.9. The van der Waals surface area contributed by atoms with E-state index < -0.39 is 62.3 Å². The van der Waals surface area contributed by atoms with Gasteiger partial charge in [-0.2, -0.15) is 0 Å². The summed E-state index contributed by atoms with van der Waals surface area (Å²) < 4.78 is 0.746. The highest BCUT2D eigenvalue weighted by Gasteiger charge is 2.30. The van der Waals surface area contributed by atoms with Crippen LogP contribution in [-0.2, 0) is 4.79 Å². The lowest BCUT2D eigenvalue weighted by molar-refractivity contribution is -0.123. The van der Waals surface area contributed by atoms with Crippen LogP contribution in [-0.4, -0.2) is 87.9 Å². The van der Waals surface area contributed by atoms with Crippen LogP contribution < -0.4 is 16.0 Å². The topological polar surface area (TPSA) is 188 Å². The van der Waals surface area contributed by atoms with Crippen LogP contribution >= 0.6 is 67.8 Å². The maximum absolute atomic E-state index is 12.9. The Hall–Kier alpha value is -0.380. The monoisotopic (exact) mass is 771 g/mol.